The van der Waals surface area contributed by atoms with Crippen molar-refractivity contribution in [3.05, 3.63) is 34.9 Å². The largest absolute Gasteiger partial charge is 0.377 e. The molecule has 1 N–H and O–H groups in total. The topological polar surface area (TPSA) is 21.3 Å². The lowest BCUT2D eigenvalue weighted by molar-refractivity contribution is 0.0211. The van der Waals surface area contributed by atoms with E-state index in [4.69, 9.17) is 16.3 Å². The third-order valence-corrected chi connectivity index (χ3v) is 3.98. The summed E-state index contributed by atoms with van der Waals surface area (Å²) in [4.78, 5) is 0. The third kappa shape index (κ3) is 3.47. The van der Waals surface area contributed by atoms with E-state index in [1.54, 1.807) is 0 Å². The van der Waals surface area contributed by atoms with Crippen molar-refractivity contribution in [1.29, 1.82) is 0 Å². The van der Waals surface area contributed by atoms with Gasteiger partial charge in [0.2, 0.25) is 0 Å². The Labute approximate surface area is 115 Å². The molecule has 0 amide bonds. The van der Waals surface area contributed by atoms with Crippen LogP contribution in [-0.4, -0.2) is 25.8 Å². The summed E-state index contributed by atoms with van der Waals surface area (Å²) < 4.78 is 5.93. The first-order valence-corrected chi connectivity index (χ1v) is 7.16. The standard InChI is InChI=1S/C15H22ClNO/c1-3-18-15(11-8-9-11)14(17-2)10-12-6-4-5-7-13(12)16/h4-7,11,14-15,17H,3,8-10H2,1-2H3. The van der Waals surface area contributed by atoms with Crippen LogP contribution < -0.4 is 5.32 Å². The summed E-state index contributed by atoms with van der Waals surface area (Å²) >= 11 is 6.23. The van der Waals surface area contributed by atoms with Crippen LogP contribution in [0.25, 0.3) is 0 Å². The molecule has 0 aliphatic heterocycles. The van der Waals surface area contributed by atoms with E-state index >= 15 is 0 Å². The Morgan fingerprint density at radius 3 is 2.67 bits per heavy atom. The van der Waals surface area contributed by atoms with Crippen molar-refractivity contribution in [1.82, 2.24) is 5.32 Å². The van der Waals surface area contributed by atoms with Crippen LogP contribution in [0.3, 0.4) is 0 Å². The number of likely N-dealkylation sites (N-methyl/N-ethyl adjacent to an activating group) is 1. The van der Waals surface area contributed by atoms with Gasteiger partial charge >= 0.3 is 0 Å². The van der Waals surface area contributed by atoms with Crippen molar-refractivity contribution in [2.45, 2.75) is 38.3 Å². The minimum absolute atomic E-state index is 0.316. The monoisotopic (exact) mass is 267 g/mol. The summed E-state index contributed by atoms with van der Waals surface area (Å²) in [6, 6.07) is 8.42. The van der Waals surface area contributed by atoms with Crippen molar-refractivity contribution in [3.8, 4) is 0 Å². The van der Waals surface area contributed by atoms with Crippen molar-refractivity contribution in [3.63, 3.8) is 0 Å². The molecule has 1 aliphatic carbocycles. The molecule has 1 aromatic carbocycles. The van der Waals surface area contributed by atoms with Crippen LogP contribution in [0.5, 0.6) is 0 Å². The highest BCUT2D eigenvalue weighted by Gasteiger charge is 2.36. The van der Waals surface area contributed by atoms with Crippen LogP contribution >= 0.6 is 11.6 Å². The molecule has 2 unspecified atom stereocenters. The van der Waals surface area contributed by atoms with E-state index in [9.17, 15) is 0 Å². The number of nitrogens with one attached hydrogen (secondary N) is 1. The molecule has 3 heteroatoms. The van der Waals surface area contributed by atoms with E-state index in [-0.39, 0.29) is 0 Å². The first-order valence-electron chi connectivity index (χ1n) is 6.78. The maximum atomic E-state index is 6.23. The van der Waals surface area contributed by atoms with Crippen LogP contribution in [0.2, 0.25) is 5.02 Å². The summed E-state index contributed by atoms with van der Waals surface area (Å²) in [7, 11) is 2.01. The maximum Gasteiger partial charge on any atom is 0.0759 e. The molecule has 0 aromatic heterocycles. The normalized spacial score (nSPS) is 18.6. The molecule has 1 aromatic rings. The highest BCUT2D eigenvalue weighted by molar-refractivity contribution is 6.31. The van der Waals surface area contributed by atoms with Gasteiger partial charge in [0.1, 0.15) is 0 Å². The van der Waals surface area contributed by atoms with Gasteiger partial charge in [-0.25, -0.2) is 0 Å². The minimum Gasteiger partial charge on any atom is -0.377 e. The van der Waals surface area contributed by atoms with Crippen molar-refractivity contribution < 1.29 is 4.74 Å². The molecule has 1 saturated carbocycles. The number of benzene rings is 1. The SMILES string of the molecule is CCOC(C1CC1)C(Cc1ccccc1Cl)NC. The quantitative estimate of drug-likeness (QED) is 0.819. The second kappa shape index (κ2) is 6.55. The molecule has 0 radical (unpaired) electrons. The summed E-state index contributed by atoms with van der Waals surface area (Å²) in [6.07, 6.45) is 3.84. The second-order valence-corrected chi connectivity index (χ2v) is 5.36. The zero-order valence-corrected chi connectivity index (χ0v) is 11.9. The van der Waals surface area contributed by atoms with Gasteiger partial charge in [0.15, 0.2) is 0 Å². The van der Waals surface area contributed by atoms with Gasteiger partial charge < -0.3 is 10.1 Å². The average Bonchev–Trinajstić information content (AvgIpc) is 3.20. The molecule has 18 heavy (non-hydrogen) atoms. The molecule has 1 fully saturated rings. The van der Waals surface area contributed by atoms with Crippen LogP contribution in [0, 0.1) is 5.92 Å². The van der Waals surface area contributed by atoms with Gasteiger partial charge in [0, 0.05) is 17.7 Å². The Hall–Kier alpha value is -0.570. The molecule has 100 valence electrons. The Morgan fingerprint density at radius 1 is 1.39 bits per heavy atom. The van der Waals surface area contributed by atoms with Gasteiger partial charge in [-0.05, 0) is 50.8 Å². The summed E-state index contributed by atoms with van der Waals surface area (Å²) in [6.45, 7) is 2.85. The summed E-state index contributed by atoms with van der Waals surface area (Å²) in [5.74, 6) is 0.727. The van der Waals surface area contributed by atoms with Crippen molar-refractivity contribution in [2.24, 2.45) is 5.92 Å². The zero-order valence-electron chi connectivity index (χ0n) is 11.2. The average molecular weight is 268 g/mol. The van der Waals surface area contributed by atoms with Crippen molar-refractivity contribution >= 4 is 11.6 Å². The predicted molar refractivity (Wildman–Crippen MR) is 76.1 cm³/mol. The van der Waals surface area contributed by atoms with E-state index in [1.165, 1.54) is 18.4 Å². The molecular formula is C15H22ClNO. The summed E-state index contributed by atoms with van der Waals surface area (Å²) in [5.41, 5.74) is 1.20. The highest BCUT2D eigenvalue weighted by Crippen LogP contribution is 2.36. The van der Waals surface area contributed by atoms with E-state index < -0.39 is 0 Å². The molecule has 0 saturated heterocycles. The molecule has 0 heterocycles. The van der Waals surface area contributed by atoms with Gasteiger partial charge in [0.25, 0.3) is 0 Å². The van der Waals surface area contributed by atoms with E-state index in [0.717, 1.165) is 24.0 Å². The van der Waals surface area contributed by atoms with Crippen LogP contribution in [0.15, 0.2) is 24.3 Å². The van der Waals surface area contributed by atoms with Crippen LogP contribution in [0.4, 0.5) is 0 Å². The molecule has 1 aliphatic rings. The van der Waals surface area contributed by atoms with Gasteiger partial charge in [-0.1, -0.05) is 29.8 Å². The zero-order chi connectivity index (χ0) is 13.0. The van der Waals surface area contributed by atoms with Crippen molar-refractivity contribution in [2.75, 3.05) is 13.7 Å². The van der Waals surface area contributed by atoms with Crippen LogP contribution in [0.1, 0.15) is 25.3 Å². The molecule has 0 spiro atoms. The molecule has 0 bridgehead atoms. The Bertz CT molecular complexity index is 379. The van der Waals surface area contributed by atoms with Crippen LogP contribution in [-0.2, 0) is 11.2 Å². The molecule has 2 atom stereocenters. The Balaban J connectivity index is 2.05. The molecule has 2 nitrogen and oxygen atoms in total. The molecule has 2 rings (SSSR count). The fourth-order valence-electron chi connectivity index (χ4n) is 2.48. The van der Waals surface area contributed by atoms with Gasteiger partial charge in [-0.3, -0.25) is 0 Å². The lowest BCUT2D eigenvalue weighted by Gasteiger charge is -2.27. The predicted octanol–water partition coefficient (Wildman–Crippen LogP) is 3.29. The first kappa shape index (κ1) is 13.9. The van der Waals surface area contributed by atoms with Gasteiger partial charge in [-0.15, -0.1) is 0 Å². The third-order valence-electron chi connectivity index (χ3n) is 3.61. The lowest BCUT2D eigenvalue weighted by Crippen LogP contribution is -2.42. The Morgan fingerprint density at radius 2 is 2.11 bits per heavy atom. The second-order valence-electron chi connectivity index (χ2n) is 4.95. The van der Waals surface area contributed by atoms with E-state index in [2.05, 4.69) is 18.3 Å². The van der Waals surface area contributed by atoms with Gasteiger partial charge in [0.05, 0.1) is 6.10 Å². The fourth-order valence-corrected chi connectivity index (χ4v) is 2.69. The number of hydrogen-bond acceptors (Lipinski definition) is 2. The fraction of sp³-hybridized carbons (Fsp3) is 0.600. The number of ether oxygens (including phenoxy) is 1. The first-order chi connectivity index (χ1) is 8.76. The smallest absolute Gasteiger partial charge is 0.0759 e. The minimum atomic E-state index is 0.316. The number of halogens is 1. The number of rotatable bonds is 7. The highest BCUT2D eigenvalue weighted by atomic mass is 35.5. The number of hydrogen-bond donors (Lipinski definition) is 1. The lowest BCUT2D eigenvalue weighted by atomic mass is 9.98. The van der Waals surface area contributed by atoms with E-state index in [0.29, 0.717) is 12.1 Å². The van der Waals surface area contributed by atoms with Gasteiger partial charge in [-0.2, -0.15) is 0 Å². The molecular weight excluding hydrogens is 246 g/mol. The summed E-state index contributed by atoms with van der Waals surface area (Å²) in [5, 5.41) is 4.25. The Kier molecular flexibility index (Phi) is 5.04. The maximum absolute atomic E-state index is 6.23. The van der Waals surface area contributed by atoms with E-state index in [1.807, 2.05) is 25.2 Å².